The van der Waals surface area contributed by atoms with Crippen molar-refractivity contribution in [3.8, 4) is 0 Å². The Morgan fingerprint density at radius 3 is 1.88 bits per heavy atom. The summed E-state index contributed by atoms with van der Waals surface area (Å²) in [6.45, 7) is 0. The van der Waals surface area contributed by atoms with Gasteiger partial charge in [0.2, 0.25) is 11.4 Å². The average molecular weight is 490 g/mol. The molecule has 0 aromatic heterocycles. The molecule has 5 nitrogen and oxygen atoms in total. The van der Waals surface area contributed by atoms with Crippen LogP contribution in [0, 0.1) is 15.9 Å². The number of rotatable bonds is 3. The molecular formula is C18H8F10N2O3. The molecule has 33 heavy (non-hydrogen) atoms. The lowest BCUT2D eigenvalue weighted by Gasteiger charge is -2.29. The fourth-order valence-electron chi connectivity index (χ4n) is 2.97. The molecular weight excluding hydrogens is 482 g/mol. The van der Waals surface area contributed by atoms with Crippen molar-refractivity contribution in [2.75, 3.05) is 0 Å². The summed E-state index contributed by atoms with van der Waals surface area (Å²) in [5, 5.41) is 10.9. The standard InChI is InChI=1S/C18H8F10N2O3/c19-12-2-1-8(3-14(12)30(31)32)13-7-15(33-29-13,18(26,27)28)9-4-10(16(20,21)22)6-11(5-9)17(23,24)25/h1-7,29H. The Morgan fingerprint density at radius 2 is 1.42 bits per heavy atom. The van der Waals surface area contributed by atoms with Crippen LogP contribution in [-0.2, 0) is 22.8 Å². The zero-order valence-corrected chi connectivity index (χ0v) is 15.5. The third-order valence-corrected chi connectivity index (χ3v) is 4.56. The van der Waals surface area contributed by atoms with E-state index in [0.29, 0.717) is 12.1 Å². The van der Waals surface area contributed by atoms with Gasteiger partial charge in [-0.15, -0.1) is 0 Å². The normalized spacial score (nSPS) is 19.3. The Labute approximate surface area is 176 Å². The SMILES string of the molecule is O=[N+]([O-])c1cc(C2=CC(c3cc(C(F)(F)F)cc(C(F)(F)F)c3)(C(F)(F)F)ON2)ccc1F. The molecule has 0 saturated carbocycles. The van der Waals surface area contributed by atoms with Crippen molar-refractivity contribution in [1.82, 2.24) is 5.48 Å². The van der Waals surface area contributed by atoms with E-state index >= 15 is 0 Å². The highest BCUT2D eigenvalue weighted by Crippen LogP contribution is 2.49. The highest BCUT2D eigenvalue weighted by molar-refractivity contribution is 5.69. The second kappa shape index (κ2) is 7.60. The van der Waals surface area contributed by atoms with Gasteiger partial charge >= 0.3 is 24.2 Å². The Kier molecular flexibility index (Phi) is 5.60. The summed E-state index contributed by atoms with van der Waals surface area (Å²) in [5.41, 5.74) is -10.0. The van der Waals surface area contributed by atoms with Crippen LogP contribution in [0.2, 0.25) is 0 Å². The lowest BCUT2D eigenvalue weighted by Crippen LogP contribution is -2.43. The van der Waals surface area contributed by atoms with Gasteiger partial charge in [0.1, 0.15) is 0 Å². The highest BCUT2D eigenvalue weighted by Gasteiger charge is 2.60. The zero-order valence-electron chi connectivity index (χ0n) is 15.5. The number of alkyl halides is 9. The summed E-state index contributed by atoms with van der Waals surface area (Å²) in [6.07, 6.45) is -16.3. The lowest BCUT2D eigenvalue weighted by molar-refractivity contribution is -0.387. The fourth-order valence-corrected chi connectivity index (χ4v) is 2.97. The van der Waals surface area contributed by atoms with Crippen LogP contribution in [0.25, 0.3) is 5.70 Å². The maximum atomic E-state index is 14.0. The zero-order chi connectivity index (χ0) is 25.0. The Bertz CT molecular complexity index is 1110. The van der Waals surface area contributed by atoms with Gasteiger partial charge in [-0.2, -0.15) is 43.9 Å². The molecule has 0 spiro atoms. The van der Waals surface area contributed by atoms with Crippen LogP contribution in [-0.4, -0.2) is 11.1 Å². The van der Waals surface area contributed by atoms with Gasteiger partial charge in [-0.3, -0.25) is 20.4 Å². The molecule has 0 bridgehead atoms. The summed E-state index contributed by atoms with van der Waals surface area (Å²) in [7, 11) is 0. The van der Waals surface area contributed by atoms with Crippen LogP contribution in [0.5, 0.6) is 0 Å². The monoisotopic (exact) mass is 490 g/mol. The van der Waals surface area contributed by atoms with Crippen molar-refractivity contribution in [2.24, 2.45) is 0 Å². The van der Waals surface area contributed by atoms with Gasteiger partial charge in [0.15, 0.2) is 0 Å². The quantitative estimate of drug-likeness (QED) is 0.321. The van der Waals surface area contributed by atoms with E-state index in [0.717, 1.165) is 6.07 Å². The Balaban J connectivity index is 2.26. The number of halogens is 10. The number of hydrogen-bond acceptors (Lipinski definition) is 4. The predicted molar refractivity (Wildman–Crippen MR) is 89.4 cm³/mol. The van der Waals surface area contributed by atoms with E-state index in [9.17, 15) is 54.0 Å². The third-order valence-electron chi connectivity index (χ3n) is 4.56. The van der Waals surface area contributed by atoms with E-state index in [-0.39, 0.29) is 24.3 Å². The van der Waals surface area contributed by atoms with Crippen LogP contribution in [0.15, 0.2) is 42.5 Å². The Morgan fingerprint density at radius 1 is 0.879 bits per heavy atom. The van der Waals surface area contributed by atoms with Crippen molar-refractivity contribution < 1.29 is 53.7 Å². The van der Waals surface area contributed by atoms with Gasteiger partial charge in [-0.05, 0) is 36.4 Å². The van der Waals surface area contributed by atoms with Gasteiger partial charge in [-0.25, -0.2) is 0 Å². The number of nitro groups is 1. The van der Waals surface area contributed by atoms with Crippen LogP contribution in [0.1, 0.15) is 22.3 Å². The first-order chi connectivity index (χ1) is 15.0. The van der Waals surface area contributed by atoms with Crippen molar-refractivity contribution in [3.63, 3.8) is 0 Å². The molecule has 0 fully saturated rings. The summed E-state index contributed by atoms with van der Waals surface area (Å²) in [4.78, 5) is 14.1. The number of nitrogens with zero attached hydrogens (tertiary/aromatic N) is 1. The Hall–Kier alpha value is -3.36. The van der Waals surface area contributed by atoms with Crippen LogP contribution in [0.4, 0.5) is 49.6 Å². The van der Waals surface area contributed by atoms with Gasteiger partial charge in [0.05, 0.1) is 21.7 Å². The van der Waals surface area contributed by atoms with Gasteiger partial charge < -0.3 is 0 Å². The van der Waals surface area contributed by atoms with Gasteiger partial charge in [-0.1, -0.05) is 0 Å². The minimum absolute atomic E-state index is 0.111. The topological polar surface area (TPSA) is 64.4 Å². The molecule has 0 amide bonds. The molecule has 1 aliphatic rings. The molecule has 1 unspecified atom stereocenters. The summed E-state index contributed by atoms with van der Waals surface area (Å²) in [5.74, 6) is -1.34. The molecule has 1 heterocycles. The molecule has 3 rings (SSSR count). The molecule has 178 valence electrons. The van der Waals surface area contributed by atoms with E-state index < -0.39 is 68.5 Å². The number of hydroxylamine groups is 1. The van der Waals surface area contributed by atoms with E-state index in [2.05, 4.69) is 4.84 Å². The number of benzene rings is 2. The summed E-state index contributed by atoms with van der Waals surface area (Å²) >= 11 is 0. The molecule has 1 atom stereocenters. The first kappa shape index (κ1) is 24.3. The number of nitro benzene ring substituents is 1. The van der Waals surface area contributed by atoms with Crippen molar-refractivity contribution in [2.45, 2.75) is 24.1 Å². The molecule has 0 saturated heterocycles. The van der Waals surface area contributed by atoms with Gasteiger partial charge in [0, 0.05) is 17.2 Å². The molecule has 2 aromatic rings. The largest absolute Gasteiger partial charge is 0.428 e. The molecule has 2 aromatic carbocycles. The van der Waals surface area contributed by atoms with E-state index in [1.54, 1.807) is 5.48 Å². The molecule has 1 aliphatic heterocycles. The van der Waals surface area contributed by atoms with E-state index in [4.69, 9.17) is 0 Å². The summed E-state index contributed by atoms with van der Waals surface area (Å²) in [6, 6.07) is 1.18. The van der Waals surface area contributed by atoms with Crippen LogP contribution >= 0.6 is 0 Å². The average Bonchev–Trinajstić information content (AvgIpc) is 3.13. The summed E-state index contributed by atoms with van der Waals surface area (Å²) < 4.78 is 134. The first-order valence-electron chi connectivity index (χ1n) is 8.43. The molecule has 1 N–H and O–H groups in total. The van der Waals surface area contributed by atoms with Crippen molar-refractivity contribution >= 4 is 11.4 Å². The fraction of sp³-hybridized carbons (Fsp3) is 0.222. The molecule has 0 aliphatic carbocycles. The molecule has 0 radical (unpaired) electrons. The highest BCUT2D eigenvalue weighted by atomic mass is 19.4. The van der Waals surface area contributed by atoms with Crippen molar-refractivity contribution in [3.05, 3.63) is 80.7 Å². The third kappa shape index (κ3) is 4.44. The van der Waals surface area contributed by atoms with Crippen LogP contribution < -0.4 is 5.48 Å². The predicted octanol–water partition coefficient (Wildman–Crippen LogP) is 6.11. The number of nitrogens with one attached hydrogen (secondary N) is 1. The maximum absolute atomic E-state index is 14.0. The second-order valence-electron chi connectivity index (χ2n) is 6.71. The maximum Gasteiger partial charge on any atom is 0.428 e. The first-order valence-corrected chi connectivity index (χ1v) is 8.43. The van der Waals surface area contributed by atoms with E-state index in [1.807, 2.05) is 0 Å². The minimum Gasteiger partial charge on any atom is -0.265 e. The molecule has 15 heteroatoms. The van der Waals surface area contributed by atoms with Crippen LogP contribution in [0.3, 0.4) is 0 Å². The smallest absolute Gasteiger partial charge is 0.265 e. The van der Waals surface area contributed by atoms with E-state index in [1.165, 1.54) is 0 Å². The lowest BCUT2D eigenvalue weighted by atomic mass is 9.88. The second-order valence-corrected chi connectivity index (χ2v) is 6.71. The minimum atomic E-state index is -5.60. The number of hydrogen-bond donors (Lipinski definition) is 1. The van der Waals surface area contributed by atoms with Gasteiger partial charge in [0.25, 0.3) is 0 Å². The van der Waals surface area contributed by atoms with Crippen molar-refractivity contribution in [1.29, 1.82) is 0 Å².